The van der Waals surface area contributed by atoms with Crippen LogP contribution in [0.15, 0.2) is 197 Å². The van der Waals surface area contributed by atoms with Crippen molar-refractivity contribution in [3.63, 3.8) is 0 Å². The summed E-state index contributed by atoms with van der Waals surface area (Å²) in [5.74, 6) is 0.576. The van der Waals surface area contributed by atoms with E-state index < -0.39 is 0 Å². The summed E-state index contributed by atoms with van der Waals surface area (Å²) < 4.78 is 12.9. The third kappa shape index (κ3) is 5.07. The second-order valence-corrected chi connectivity index (χ2v) is 12.8. The molecule has 10 rings (SSSR count). The second kappa shape index (κ2) is 12.3. The van der Waals surface area contributed by atoms with E-state index in [0.717, 1.165) is 77.9 Å². The molecule has 2 aromatic heterocycles. The fourth-order valence-corrected chi connectivity index (χ4v) is 7.26. The fourth-order valence-electron chi connectivity index (χ4n) is 7.26. The van der Waals surface area contributed by atoms with Gasteiger partial charge in [0.15, 0.2) is 5.58 Å². The molecule has 0 unspecified atom stereocenters. The monoisotopic (exact) mass is 669 g/mol. The van der Waals surface area contributed by atoms with Crippen molar-refractivity contribution >= 4 is 77.9 Å². The summed E-state index contributed by atoms with van der Waals surface area (Å²) in [6.45, 7) is 0. The maximum absolute atomic E-state index is 6.64. The minimum absolute atomic E-state index is 0.576. The van der Waals surface area contributed by atoms with E-state index in [2.05, 4.69) is 137 Å². The number of rotatable bonds is 7. The van der Waals surface area contributed by atoms with Crippen molar-refractivity contribution in [2.24, 2.45) is 0 Å². The van der Waals surface area contributed by atoms with Gasteiger partial charge in [0.05, 0.1) is 5.69 Å². The second-order valence-electron chi connectivity index (χ2n) is 12.8. The number of oxazole rings is 1. The molecule has 0 atom stereocenters. The van der Waals surface area contributed by atoms with E-state index >= 15 is 0 Å². The van der Waals surface area contributed by atoms with E-state index in [1.54, 1.807) is 0 Å². The SMILES string of the molecule is c1ccc(-c2nc3c(N(c4ccccc4)c4ccc5oc6ccccc6c5c4)c4ccc(N(c5ccccc5)c5ccccc5)cc4cc3o2)cc1. The number of benzene rings is 8. The molecule has 5 nitrogen and oxygen atoms in total. The standard InChI is InChI=1S/C47H31N3O2/c1-5-15-32(16-6-1)47-48-45-44(52-47)30-33-29-37(49(34-17-7-2-8-18-34)35-19-9-3-10-20-35)25-27-39(33)46(45)50(36-21-11-4-12-22-36)38-26-28-43-41(31-38)40-23-13-14-24-42(40)51-43/h1-31H. The molecular weight excluding hydrogens is 639 g/mol. The molecule has 5 heteroatoms. The van der Waals surface area contributed by atoms with Crippen molar-refractivity contribution in [1.29, 1.82) is 0 Å². The van der Waals surface area contributed by atoms with Crippen LogP contribution >= 0.6 is 0 Å². The number of anilines is 6. The van der Waals surface area contributed by atoms with Gasteiger partial charge in [0.25, 0.3) is 0 Å². The Morgan fingerprint density at radius 1 is 0.365 bits per heavy atom. The molecule has 10 aromatic rings. The van der Waals surface area contributed by atoms with Gasteiger partial charge in [-0.3, -0.25) is 0 Å². The smallest absolute Gasteiger partial charge is 0.227 e. The van der Waals surface area contributed by atoms with Crippen LogP contribution in [0.4, 0.5) is 34.1 Å². The lowest BCUT2D eigenvalue weighted by Crippen LogP contribution is -2.12. The number of nitrogens with zero attached hydrogens (tertiary/aromatic N) is 3. The van der Waals surface area contributed by atoms with E-state index in [0.29, 0.717) is 11.5 Å². The van der Waals surface area contributed by atoms with Crippen LogP contribution in [0.2, 0.25) is 0 Å². The highest BCUT2D eigenvalue weighted by Crippen LogP contribution is 2.47. The molecule has 246 valence electrons. The van der Waals surface area contributed by atoms with E-state index in [4.69, 9.17) is 13.8 Å². The minimum atomic E-state index is 0.576. The normalized spacial score (nSPS) is 11.5. The summed E-state index contributed by atoms with van der Waals surface area (Å²) in [5.41, 5.74) is 10.2. The Labute approximate surface area is 300 Å². The predicted molar refractivity (Wildman–Crippen MR) is 214 cm³/mol. The van der Waals surface area contributed by atoms with Crippen molar-refractivity contribution < 1.29 is 8.83 Å². The third-order valence-corrected chi connectivity index (χ3v) is 9.62. The van der Waals surface area contributed by atoms with Crippen molar-refractivity contribution in [2.45, 2.75) is 0 Å². The van der Waals surface area contributed by atoms with E-state index in [9.17, 15) is 0 Å². The van der Waals surface area contributed by atoms with Crippen LogP contribution in [-0.2, 0) is 0 Å². The van der Waals surface area contributed by atoms with E-state index in [-0.39, 0.29) is 0 Å². The average Bonchev–Trinajstić information content (AvgIpc) is 3.81. The van der Waals surface area contributed by atoms with Crippen LogP contribution in [0.1, 0.15) is 0 Å². The van der Waals surface area contributed by atoms with Crippen molar-refractivity contribution in [1.82, 2.24) is 4.98 Å². The molecule has 0 bridgehead atoms. The minimum Gasteiger partial charge on any atom is -0.456 e. The fraction of sp³-hybridized carbons (Fsp3) is 0. The zero-order valence-electron chi connectivity index (χ0n) is 28.1. The number of para-hydroxylation sites is 4. The Hall–Kier alpha value is -7.11. The summed E-state index contributed by atoms with van der Waals surface area (Å²) in [4.78, 5) is 9.81. The van der Waals surface area contributed by atoms with Gasteiger partial charge in [-0.05, 0) is 96.4 Å². The molecular formula is C47H31N3O2. The quantitative estimate of drug-likeness (QED) is 0.169. The van der Waals surface area contributed by atoms with Crippen LogP contribution in [0.5, 0.6) is 0 Å². The van der Waals surface area contributed by atoms with Gasteiger partial charge in [0.2, 0.25) is 5.89 Å². The lowest BCUT2D eigenvalue weighted by atomic mass is 10.0. The first-order valence-corrected chi connectivity index (χ1v) is 17.4. The Balaban J connectivity index is 1.26. The summed E-state index contributed by atoms with van der Waals surface area (Å²) >= 11 is 0. The van der Waals surface area contributed by atoms with Crippen LogP contribution < -0.4 is 9.80 Å². The Morgan fingerprint density at radius 3 is 1.62 bits per heavy atom. The molecule has 0 aliphatic heterocycles. The maximum Gasteiger partial charge on any atom is 0.227 e. The zero-order chi connectivity index (χ0) is 34.4. The van der Waals surface area contributed by atoms with Gasteiger partial charge in [-0.25, -0.2) is 4.98 Å². The highest BCUT2D eigenvalue weighted by molar-refractivity contribution is 6.14. The highest BCUT2D eigenvalue weighted by atomic mass is 16.3. The van der Waals surface area contributed by atoms with Crippen molar-refractivity contribution in [3.8, 4) is 11.5 Å². The first-order valence-electron chi connectivity index (χ1n) is 17.4. The molecule has 0 fully saturated rings. The molecule has 0 saturated heterocycles. The number of aromatic nitrogens is 1. The molecule has 0 saturated carbocycles. The predicted octanol–water partition coefficient (Wildman–Crippen LogP) is 13.5. The maximum atomic E-state index is 6.64. The van der Waals surface area contributed by atoms with Crippen LogP contribution in [0.3, 0.4) is 0 Å². The van der Waals surface area contributed by atoms with Gasteiger partial charge in [0, 0.05) is 50.2 Å². The Kier molecular flexibility index (Phi) is 7.07. The molecule has 0 N–H and O–H groups in total. The average molecular weight is 670 g/mol. The van der Waals surface area contributed by atoms with Crippen LogP contribution in [0, 0.1) is 0 Å². The van der Waals surface area contributed by atoms with E-state index in [1.807, 2.05) is 60.7 Å². The molecule has 52 heavy (non-hydrogen) atoms. The van der Waals surface area contributed by atoms with Gasteiger partial charge < -0.3 is 18.6 Å². The summed E-state index contributed by atoms with van der Waals surface area (Å²) in [6, 6.07) is 64.9. The molecule has 8 aromatic carbocycles. The number of hydrogen-bond donors (Lipinski definition) is 0. The molecule has 0 radical (unpaired) electrons. The van der Waals surface area contributed by atoms with Gasteiger partial charge in [0.1, 0.15) is 16.7 Å². The van der Waals surface area contributed by atoms with Crippen LogP contribution in [-0.4, -0.2) is 4.98 Å². The lowest BCUT2D eigenvalue weighted by molar-refractivity contribution is 0.620. The highest BCUT2D eigenvalue weighted by Gasteiger charge is 2.24. The summed E-state index contributed by atoms with van der Waals surface area (Å²) in [6.07, 6.45) is 0. The molecule has 0 aliphatic rings. The van der Waals surface area contributed by atoms with Gasteiger partial charge in [-0.1, -0.05) is 97.1 Å². The topological polar surface area (TPSA) is 45.7 Å². The molecule has 0 spiro atoms. The number of fused-ring (bicyclic) bond motifs is 5. The summed E-state index contributed by atoms with van der Waals surface area (Å²) in [5, 5.41) is 4.21. The van der Waals surface area contributed by atoms with Crippen LogP contribution in [0.25, 0.3) is 55.3 Å². The Morgan fingerprint density at radius 2 is 0.923 bits per heavy atom. The molecule has 2 heterocycles. The first-order chi connectivity index (χ1) is 25.8. The zero-order valence-corrected chi connectivity index (χ0v) is 28.1. The first kappa shape index (κ1) is 29.8. The van der Waals surface area contributed by atoms with Gasteiger partial charge in [-0.15, -0.1) is 0 Å². The Bertz CT molecular complexity index is 2810. The van der Waals surface area contributed by atoms with Crippen molar-refractivity contribution in [3.05, 3.63) is 188 Å². The lowest BCUT2D eigenvalue weighted by Gasteiger charge is -2.28. The number of hydrogen-bond acceptors (Lipinski definition) is 5. The van der Waals surface area contributed by atoms with Crippen molar-refractivity contribution in [2.75, 3.05) is 9.80 Å². The number of furan rings is 1. The summed E-state index contributed by atoms with van der Waals surface area (Å²) in [7, 11) is 0. The molecule has 0 aliphatic carbocycles. The van der Waals surface area contributed by atoms with Gasteiger partial charge in [-0.2, -0.15) is 0 Å². The largest absolute Gasteiger partial charge is 0.456 e. The van der Waals surface area contributed by atoms with E-state index in [1.165, 1.54) is 0 Å². The van der Waals surface area contributed by atoms with Gasteiger partial charge >= 0.3 is 0 Å². The third-order valence-electron chi connectivity index (χ3n) is 9.62. The molecule has 0 amide bonds.